The first-order valence-corrected chi connectivity index (χ1v) is 12.4. The van der Waals surface area contributed by atoms with Crippen LogP contribution in [-0.4, -0.2) is 62.8 Å². The molecule has 6 nitrogen and oxygen atoms in total. The molecule has 1 amide bonds. The molecular weight excluding hydrogens is 386 g/mol. The molecule has 1 N–H and O–H groups in total. The van der Waals surface area contributed by atoms with E-state index >= 15 is 0 Å². The molecule has 1 aliphatic heterocycles. The van der Waals surface area contributed by atoms with E-state index < -0.39 is 10.0 Å². The van der Waals surface area contributed by atoms with Gasteiger partial charge in [-0.05, 0) is 31.4 Å². The molecule has 0 radical (unpaired) electrons. The quantitative estimate of drug-likeness (QED) is 0.701. The smallest absolute Gasteiger partial charge is 0.243 e. The highest BCUT2D eigenvalue weighted by atomic mass is 32.2. The van der Waals surface area contributed by atoms with Gasteiger partial charge in [0.25, 0.3) is 0 Å². The number of benzene rings is 1. The molecule has 2 aliphatic rings. The van der Waals surface area contributed by atoms with Crippen molar-refractivity contribution in [2.24, 2.45) is 5.92 Å². The van der Waals surface area contributed by atoms with Crippen LogP contribution in [0.4, 0.5) is 0 Å². The molecular formula is C22H35N3O3S. The van der Waals surface area contributed by atoms with Crippen LogP contribution in [0.3, 0.4) is 0 Å². The van der Waals surface area contributed by atoms with Gasteiger partial charge < -0.3 is 5.32 Å². The third-order valence-electron chi connectivity index (χ3n) is 6.24. The number of carbonyl (C=O) groups is 1. The van der Waals surface area contributed by atoms with Gasteiger partial charge in [0.15, 0.2) is 0 Å². The predicted octanol–water partition coefficient (Wildman–Crippen LogP) is 2.78. The molecule has 0 bridgehead atoms. The molecule has 29 heavy (non-hydrogen) atoms. The Balaban J connectivity index is 1.34. The maximum atomic E-state index is 12.8. The standard InChI is InChI=1S/C22H35N3O3S/c1-19-7-10-21(11-8-19)29(27,28)25-17-15-24(16-18-25)14-13-23-22(26)12-9-20-5-3-2-4-6-20/h7-8,10-11,20H,2-6,9,12-18H2,1H3,(H,23,26). The number of hydrogen-bond donors (Lipinski definition) is 1. The molecule has 1 aromatic rings. The van der Waals surface area contributed by atoms with Gasteiger partial charge in [0.2, 0.25) is 15.9 Å². The number of amides is 1. The van der Waals surface area contributed by atoms with Crippen LogP contribution in [0.15, 0.2) is 29.2 Å². The minimum Gasteiger partial charge on any atom is -0.355 e. The van der Waals surface area contributed by atoms with Crippen molar-refractivity contribution in [3.8, 4) is 0 Å². The van der Waals surface area contributed by atoms with Gasteiger partial charge in [-0.15, -0.1) is 0 Å². The Morgan fingerprint density at radius 3 is 2.34 bits per heavy atom. The predicted molar refractivity (Wildman–Crippen MR) is 115 cm³/mol. The second-order valence-electron chi connectivity index (χ2n) is 8.45. The molecule has 1 saturated carbocycles. The zero-order valence-electron chi connectivity index (χ0n) is 17.6. The lowest BCUT2D eigenvalue weighted by molar-refractivity contribution is -0.121. The fraction of sp³-hybridized carbons (Fsp3) is 0.682. The average Bonchev–Trinajstić information content (AvgIpc) is 2.74. The third kappa shape index (κ3) is 6.52. The minimum atomic E-state index is -3.42. The Morgan fingerprint density at radius 1 is 1.03 bits per heavy atom. The molecule has 162 valence electrons. The number of nitrogens with one attached hydrogen (secondary N) is 1. The lowest BCUT2D eigenvalue weighted by Gasteiger charge is -2.34. The van der Waals surface area contributed by atoms with Gasteiger partial charge >= 0.3 is 0 Å². The first-order chi connectivity index (χ1) is 13.9. The third-order valence-corrected chi connectivity index (χ3v) is 8.16. The monoisotopic (exact) mass is 421 g/mol. The van der Waals surface area contributed by atoms with E-state index in [0.29, 0.717) is 44.0 Å². The lowest BCUT2D eigenvalue weighted by atomic mass is 9.86. The highest BCUT2D eigenvalue weighted by molar-refractivity contribution is 7.89. The lowest BCUT2D eigenvalue weighted by Crippen LogP contribution is -2.50. The highest BCUT2D eigenvalue weighted by Gasteiger charge is 2.28. The van der Waals surface area contributed by atoms with Gasteiger partial charge in [0.05, 0.1) is 4.90 Å². The van der Waals surface area contributed by atoms with E-state index in [9.17, 15) is 13.2 Å². The van der Waals surface area contributed by atoms with E-state index in [2.05, 4.69) is 10.2 Å². The molecule has 0 aromatic heterocycles. The summed E-state index contributed by atoms with van der Waals surface area (Å²) in [4.78, 5) is 14.7. The van der Waals surface area contributed by atoms with Crippen molar-refractivity contribution in [2.45, 2.75) is 56.8 Å². The second kappa shape index (κ2) is 10.5. The van der Waals surface area contributed by atoms with E-state index in [-0.39, 0.29) is 5.91 Å². The van der Waals surface area contributed by atoms with E-state index in [4.69, 9.17) is 0 Å². The van der Waals surface area contributed by atoms with Crippen LogP contribution in [0.1, 0.15) is 50.5 Å². The summed E-state index contributed by atoms with van der Waals surface area (Å²) in [6, 6.07) is 7.03. The van der Waals surface area contributed by atoms with Gasteiger partial charge in [-0.25, -0.2) is 8.42 Å². The summed E-state index contributed by atoms with van der Waals surface area (Å²) in [5.74, 6) is 0.884. The van der Waals surface area contributed by atoms with Gasteiger partial charge in [0, 0.05) is 45.7 Å². The number of nitrogens with zero attached hydrogens (tertiary/aromatic N) is 2. The molecule has 3 rings (SSSR count). The molecule has 1 saturated heterocycles. The van der Waals surface area contributed by atoms with Crippen LogP contribution in [0.2, 0.25) is 0 Å². The zero-order valence-corrected chi connectivity index (χ0v) is 18.4. The normalized spacial score (nSPS) is 19.9. The van der Waals surface area contributed by atoms with E-state index in [0.717, 1.165) is 24.4 Å². The fourth-order valence-electron chi connectivity index (χ4n) is 4.31. The van der Waals surface area contributed by atoms with Crippen LogP contribution in [0, 0.1) is 12.8 Å². The minimum absolute atomic E-state index is 0.149. The number of aryl methyl sites for hydroxylation is 1. The van der Waals surface area contributed by atoms with E-state index in [1.165, 1.54) is 32.1 Å². The molecule has 1 aromatic carbocycles. The van der Waals surface area contributed by atoms with Crippen molar-refractivity contribution >= 4 is 15.9 Å². The van der Waals surface area contributed by atoms with E-state index in [1.54, 1.807) is 16.4 Å². The number of hydrogen-bond acceptors (Lipinski definition) is 4. The van der Waals surface area contributed by atoms with Crippen molar-refractivity contribution < 1.29 is 13.2 Å². The van der Waals surface area contributed by atoms with Crippen molar-refractivity contribution in [1.29, 1.82) is 0 Å². The summed E-state index contributed by atoms with van der Waals surface area (Å²) in [6.45, 7) is 5.73. The van der Waals surface area contributed by atoms with Crippen LogP contribution in [0.5, 0.6) is 0 Å². The van der Waals surface area contributed by atoms with Gasteiger partial charge in [-0.2, -0.15) is 4.31 Å². The van der Waals surface area contributed by atoms with Crippen LogP contribution < -0.4 is 5.32 Å². The summed E-state index contributed by atoms with van der Waals surface area (Å²) >= 11 is 0. The Bertz CT molecular complexity index is 750. The Hall–Kier alpha value is -1.44. The number of sulfonamides is 1. The maximum Gasteiger partial charge on any atom is 0.243 e. The summed E-state index contributed by atoms with van der Waals surface area (Å²) < 4.78 is 27.1. The van der Waals surface area contributed by atoms with Gasteiger partial charge in [0.1, 0.15) is 0 Å². The van der Waals surface area contributed by atoms with Crippen molar-refractivity contribution in [3.05, 3.63) is 29.8 Å². The topological polar surface area (TPSA) is 69.7 Å². The molecule has 1 heterocycles. The molecule has 1 aliphatic carbocycles. The molecule has 0 unspecified atom stereocenters. The zero-order chi connectivity index (χ0) is 20.7. The maximum absolute atomic E-state index is 12.8. The molecule has 2 fully saturated rings. The van der Waals surface area contributed by atoms with Crippen molar-refractivity contribution in [1.82, 2.24) is 14.5 Å². The number of rotatable bonds is 8. The van der Waals surface area contributed by atoms with Crippen LogP contribution in [0.25, 0.3) is 0 Å². The summed E-state index contributed by atoms with van der Waals surface area (Å²) in [6.07, 6.45) is 8.19. The van der Waals surface area contributed by atoms with Crippen molar-refractivity contribution in [2.75, 3.05) is 39.3 Å². The Kier molecular flexibility index (Phi) is 8.09. The second-order valence-corrected chi connectivity index (χ2v) is 10.4. The summed E-state index contributed by atoms with van der Waals surface area (Å²) in [5.41, 5.74) is 1.05. The Labute approximate surface area is 175 Å². The Morgan fingerprint density at radius 2 is 1.69 bits per heavy atom. The van der Waals surface area contributed by atoms with Gasteiger partial charge in [-0.1, -0.05) is 49.8 Å². The highest BCUT2D eigenvalue weighted by Crippen LogP contribution is 2.27. The average molecular weight is 422 g/mol. The van der Waals surface area contributed by atoms with E-state index in [1.807, 2.05) is 19.1 Å². The molecule has 0 spiro atoms. The van der Waals surface area contributed by atoms with Gasteiger partial charge in [-0.3, -0.25) is 9.69 Å². The number of piperazine rings is 1. The number of carbonyl (C=O) groups excluding carboxylic acids is 1. The molecule has 7 heteroatoms. The summed E-state index contributed by atoms with van der Waals surface area (Å²) in [7, 11) is -3.42. The molecule has 0 atom stereocenters. The van der Waals surface area contributed by atoms with Crippen LogP contribution in [-0.2, 0) is 14.8 Å². The fourth-order valence-corrected chi connectivity index (χ4v) is 5.73. The van der Waals surface area contributed by atoms with Crippen LogP contribution >= 0.6 is 0 Å². The SMILES string of the molecule is Cc1ccc(S(=O)(=O)N2CCN(CCNC(=O)CCC3CCCCC3)CC2)cc1. The first-order valence-electron chi connectivity index (χ1n) is 11.0. The summed E-state index contributed by atoms with van der Waals surface area (Å²) in [5, 5.41) is 3.03. The largest absolute Gasteiger partial charge is 0.355 e. The van der Waals surface area contributed by atoms with Crippen molar-refractivity contribution in [3.63, 3.8) is 0 Å². The first kappa shape index (κ1) is 22.2.